The highest BCUT2D eigenvalue weighted by atomic mass is 32.2. The van der Waals surface area contributed by atoms with Gasteiger partial charge in [-0.25, -0.2) is 8.42 Å². The predicted octanol–water partition coefficient (Wildman–Crippen LogP) is 1.38. The third kappa shape index (κ3) is 2.72. The number of nitrogens with one attached hydrogen (secondary N) is 1. The van der Waals surface area contributed by atoms with Crippen LogP contribution in [0.5, 0.6) is 0 Å². The molecule has 0 saturated carbocycles. The van der Waals surface area contributed by atoms with E-state index in [-0.39, 0.29) is 11.8 Å². The van der Waals surface area contributed by atoms with Crippen molar-refractivity contribution in [2.75, 3.05) is 16.8 Å². The number of anilines is 1. The molecule has 2 rings (SSSR count). The van der Waals surface area contributed by atoms with Crippen LogP contribution in [0.1, 0.15) is 18.5 Å². The van der Waals surface area contributed by atoms with E-state index in [0.717, 1.165) is 24.2 Å². The van der Waals surface area contributed by atoms with Gasteiger partial charge in [-0.2, -0.15) is 0 Å². The molecule has 5 heteroatoms. The Labute approximate surface area is 96.0 Å². The van der Waals surface area contributed by atoms with E-state index in [4.69, 9.17) is 0 Å². The van der Waals surface area contributed by atoms with Crippen LogP contribution in [-0.2, 0) is 9.84 Å². The lowest BCUT2D eigenvalue weighted by Crippen LogP contribution is -2.35. The van der Waals surface area contributed by atoms with Gasteiger partial charge in [0.05, 0.1) is 22.9 Å². The normalized spacial score (nSPS) is 23.9. The van der Waals surface area contributed by atoms with Crippen molar-refractivity contribution in [3.8, 4) is 0 Å². The molecule has 1 aromatic rings. The van der Waals surface area contributed by atoms with Crippen molar-refractivity contribution in [1.82, 2.24) is 4.98 Å². The summed E-state index contributed by atoms with van der Waals surface area (Å²) in [5.74, 6) is 0.568. The lowest BCUT2D eigenvalue weighted by molar-refractivity contribution is 0.562. The van der Waals surface area contributed by atoms with Gasteiger partial charge in [0.1, 0.15) is 0 Å². The van der Waals surface area contributed by atoms with Gasteiger partial charge in [0.15, 0.2) is 9.84 Å². The minimum absolute atomic E-state index is 0.0293. The van der Waals surface area contributed by atoms with Gasteiger partial charge < -0.3 is 5.32 Å². The number of aromatic nitrogens is 1. The summed E-state index contributed by atoms with van der Waals surface area (Å²) >= 11 is 0. The Morgan fingerprint density at radius 3 is 3.00 bits per heavy atom. The van der Waals surface area contributed by atoms with Crippen molar-refractivity contribution in [1.29, 1.82) is 0 Å². The summed E-state index contributed by atoms with van der Waals surface area (Å²) in [6.45, 7) is 1.92. The van der Waals surface area contributed by atoms with Gasteiger partial charge in [0.25, 0.3) is 0 Å². The van der Waals surface area contributed by atoms with Crippen LogP contribution in [0.2, 0.25) is 0 Å². The molecule has 0 aromatic carbocycles. The summed E-state index contributed by atoms with van der Waals surface area (Å²) in [6, 6.07) is 3.82. The second-order valence-corrected chi connectivity index (χ2v) is 6.46. The summed E-state index contributed by atoms with van der Waals surface area (Å²) in [7, 11) is -2.85. The zero-order chi connectivity index (χ0) is 11.6. The number of pyridine rings is 1. The first-order valence-corrected chi connectivity index (χ1v) is 7.27. The van der Waals surface area contributed by atoms with Gasteiger partial charge in [-0.3, -0.25) is 4.98 Å². The van der Waals surface area contributed by atoms with Crippen molar-refractivity contribution in [2.24, 2.45) is 0 Å². The first kappa shape index (κ1) is 11.4. The molecule has 1 aromatic heterocycles. The van der Waals surface area contributed by atoms with Crippen LogP contribution in [-0.4, -0.2) is 30.9 Å². The maximum Gasteiger partial charge on any atom is 0.152 e. The van der Waals surface area contributed by atoms with E-state index in [1.807, 2.05) is 19.1 Å². The molecule has 1 aliphatic heterocycles. The predicted molar refractivity (Wildman–Crippen MR) is 64.3 cm³/mol. The van der Waals surface area contributed by atoms with Crippen molar-refractivity contribution in [3.63, 3.8) is 0 Å². The van der Waals surface area contributed by atoms with E-state index in [1.54, 1.807) is 6.20 Å². The van der Waals surface area contributed by atoms with Gasteiger partial charge in [-0.1, -0.05) is 0 Å². The standard InChI is InChI=1S/C11H16N2O2S/c1-9-11(5-2-6-12-9)13-10-4-3-7-16(14,15)8-10/h2,5-6,10,13H,3-4,7-8H2,1H3. The quantitative estimate of drug-likeness (QED) is 0.848. The van der Waals surface area contributed by atoms with E-state index in [9.17, 15) is 8.42 Å². The van der Waals surface area contributed by atoms with Gasteiger partial charge in [0.2, 0.25) is 0 Å². The van der Waals surface area contributed by atoms with Crippen LogP contribution in [0.15, 0.2) is 18.3 Å². The van der Waals surface area contributed by atoms with Crippen LogP contribution >= 0.6 is 0 Å². The SMILES string of the molecule is Cc1ncccc1NC1CCCS(=O)(=O)C1. The maximum absolute atomic E-state index is 11.5. The summed E-state index contributed by atoms with van der Waals surface area (Å²) in [5, 5.41) is 3.26. The molecule has 1 unspecified atom stereocenters. The Bertz CT molecular complexity index is 471. The average Bonchev–Trinajstić information content (AvgIpc) is 2.20. The van der Waals surface area contributed by atoms with Gasteiger partial charge in [-0.05, 0) is 31.9 Å². The minimum atomic E-state index is -2.85. The Kier molecular flexibility index (Phi) is 3.14. The van der Waals surface area contributed by atoms with Crippen LogP contribution in [0.3, 0.4) is 0 Å². The Balaban J connectivity index is 2.08. The van der Waals surface area contributed by atoms with Crippen molar-refractivity contribution >= 4 is 15.5 Å². The lowest BCUT2D eigenvalue weighted by atomic mass is 10.1. The summed E-state index contributed by atoms with van der Waals surface area (Å²) in [6.07, 6.45) is 3.39. The molecule has 1 N–H and O–H groups in total. The van der Waals surface area contributed by atoms with Crippen molar-refractivity contribution in [3.05, 3.63) is 24.0 Å². The second-order valence-electron chi connectivity index (χ2n) is 4.23. The Morgan fingerprint density at radius 2 is 2.31 bits per heavy atom. The Morgan fingerprint density at radius 1 is 1.50 bits per heavy atom. The fourth-order valence-electron chi connectivity index (χ4n) is 1.99. The smallest absolute Gasteiger partial charge is 0.152 e. The van der Waals surface area contributed by atoms with E-state index >= 15 is 0 Å². The molecule has 0 spiro atoms. The molecule has 88 valence electrons. The summed E-state index contributed by atoms with van der Waals surface area (Å²) < 4.78 is 23.0. The topological polar surface area (TPSA) is 59.1 Å². The van der Waals surface area contributed by atoms with Crippen LogP contribution < -0.4 is 5.32 Å². The number of nitrogens with zero attached hydrogens (tertiary/aromatic N) is 1. The highest BCUT2D eigenvalue weighted by Gasteiger charge is 2.24. The second kappa shape index (κ2) is 4.41. The molecule has 1 atom stereocenters. The fraction of sp³-hybridized carbons (Fsp3) is 0.545. The maximum atomic E-state index is 11.5. The number of rotatable bonds is 2. The first-order chi connectivity index (χ1) is 7.57. The highest BCUT2D eigenvalue weighted by molar-refractivity contribution is 7.91. The third-order valence-electron chi connectivity index (χ3n) is 2.83. The van der Waals surface area contributed by atoms with E-state index < -0.39 is 9.84 Å². The monoisotopic (exact) mass is 240 g/mol. The summed E-state index contributed by atoms with van der Waals surface area (Å²) in [5.41, 5.74) is 1.84. The molecule has 0 aliphatic carbocycles. The molecule has 2 heterocycles. The van der Waals surface area contributed by atoms with Gasteiger partial charge in [0, 0.05) is 12.2 Å². The van der Waals surface area contributed by atoms with Gasteiger partial charge in [-0.15, -0.1) is 0 Å². The minimum Gasteiger partial charge on any atom is -0.380 e. The zero-order valence-corrected chi connectivity index (χ0v) is 10.1. The van der Waals surface area contributed by atoms with E-state index in [0.29, 0.717) is 5.75 Å². The fourth-order valence-corrected chi connectivity index (χ4v) is 3.63. The molecule has 1 fully saturated rings. The molecule has 0 bridgehead atoms. The number of sulfone groups is 1. The molecular formula is C11H16N2O2S. The highest BCUT2D eigenvalue weighted by Crippen LogP contribution is 2.18. The molecule has 0 amide bonds. The molecule has 1 aliphatic rings. The molecule has 0 radical (unpaired) electrons. The van der Waals surface area contributed by atoms with Crippen LogP contribution in [0.25, 0.3) is 0 Å². The molecule has 16 heavy (non-hydrogen) atoms. The van der Waals surface area contributed by atoms with Crippen LogP contribution in [0.4, 0.5) is 5.69 Å². The molecule has 4 nitrogen and oxygen atoms in total. The Hall–Kier alpha value is -1.10. The third-order valence-corrected chi connectivity index (χ3v) is 4.65. The average molecular weight is 240 g/mol. The van der Waals surface area contributed by atoms with Crippen LogP contribution in [0, 0.1) is 6.92 Å². The molecular weight excluding hydrogens is 224 g/mol. The van der Waals surface area contributed by atoms with Crippen molar-refractivity contribution in [2.45, 2.75) is 25.8 Å². The largest absolute Gasteiger partial charge is 0.380 e. The number of hydrogen-bond acceptors (Lipinski definition) is 4. The lowest BCUT2D eigenvalue weighted by Gasteiger charge is -2.24. The number of hydrogen-bond donors (Lipinski definition) is 1. The van der Waals surface area contributed by atoms with Gasteiger partial charge >= 0.3 is 0 Å². The summed E-state index contributed by atoms with van der Waals surface area (Å²) in [4.78, 5) is 4.17. The first-order valence-electron chi connectivity index (χ1n) is 5.45. The van der Waals surface area contributed by atoms with E-state index in [1.165, 1.54) is 0 Å². The molecule has 1 saturated heterocycles. The number of aryl methyl sites for hydroxylation is 1. The zero-order valence-electron chi connectivity index (χ0n) is 9.31. The van der Waals surface area contributed by atoms with Crippen molar-refractivity contribution < 1.29 is 8.42 Å². The van der Waals surface area contributed by atoms with E-state index in [2.05, 4.69) is 10.3 Å².